The van der Waals surface area contributed by atoms with E-state index in [0.29, 0.717) is 12.0 Å². The van der Waals surface area contributed by atoms with Gasteiger partial charge in [0, 0.05) is 35.3 Å². The van der Waals surface area contributed by atoms with Crippen molar-refractivity contribution in [2.75, 3.05) is 13.6 Å². The average molecular weight is 447 g/mol. The number of benzene rings is 2. The maximum Gasteiger partial charge on any atom is 0.261 e. The van der Waals surface area contributed by atoms with E-state index in [0.717, 1.165) is 63.1 Å². The van der Waals surface area contributed by atoms with Crippen LogP contribution in [0.15, 0.2) is 52.9 Å². The molecule has 1 unspecified atom stereocenters. The molecule has 5 nitrogen and oxygen atoms in total. The molecule has 6 heteroatoms. The van der Waals surface area contributed by atoms with E-state index in [9.17, 15) is 9.59 Å². The topological polar surface area (TPSA) is 62.6 Å². The highest BCUT2D eigenvalue weighted by Crippen LogP contribution is 2.34. The van der Waals surface area contributed by atoms with Crippen LogP contribution in [0.4, 0.5) is 0 Å². The van der Waals surface area contributed by atoms with Crippen LogP contribution >= 0.6 is 11.3 Å². The number of furan rings is 1. The van der Waals surface area contributed by atoms with E-state index in [1.165, 1.54) is 11.3 Å². The number of thiophene rings is 1. The third-order valence-corrected chi connectivity index (χ3v) is 7.56. The van der Waals surface area contributed by atoms with E-state index in [2.05, 4.69) is 17.4 Å². The zero-order valence-electron chi connectivity index (χ0n) is 18.3. The van der Waals surface area contributed by atoms with Crippen molar-refractivity contribution >= 4 is 44.2 Å². The van der Waals surface area contributed by atoms with E-state index >= 15 is 0 Å². The van der Waals surface area contributed by atoms with Gasteiger partial charge in [-0.2, -0.15) is 0 Å². The Bertz CT molecular complexity index is 1320. The van der Waals surface area contributed by atoms with Gasteiger partial charge in [0.1, 0.15) is 11.3 Å². The van der Waals surface area contributed by atoms with Gasteiger partial charge in [0.05, 0.1) is 4.88 Å². The Morgan fingerprint density at radius 1 is 1.16 bits per heavy atom. The summed E-state index contributed by atoms with van der Waals surface area (Å²) in [5, 5.41) is 4.85. The molecular weight excluding hydrogens is 420 g/mol. The molecule has 0 bridgehead atoms. The monoisotopic (exact) mass is 446 g/mol. The van der Waals surface area contributed by atoms with Crippen molar-refractivity contribution in [3.05, 3.63) is 70.3 Å². The third-order valence-electron chi connectivity index (χ3n) is 6.35. The van der Waals surface area contributed by atoms with E-state index in [4.69, 9.17) is 4.42 Å². The molecule has 1 atom stereocenters. The number of fused-ring (bicyclic) bond motifs is 2. The lowest BCUT2D eigenvalue weighted by Crippen LogP contribution is -2.45. The second-order valence-corrected chi connectivity index (χ2v) is 9.50. The maximum absolute atomic E-state index is 13.5. The van der Waals surface area contributed by atoms with Crippen LogP contribution in [0.3, 0.4) is 0 Å². The zero-order chi connectivity index (χ0) is 22.2. The van der Waals surface area contributed by atoms with Crippen LogP contribution in [0.25, 0.3) is 21.1 Å². The van der Waals surface area contributed by atoms with Crippen LogP contribution < -0.4 is 5.32 Å². The van der Waals surface area contributed by atoms with Gasteiger partial charge in [0.25, 0.3) is 11.8 Å². The molecule has 2 amide bonds. The predicted molar refractivity (Wildman–Crippen MR) is 129 cm³/mol. The van der Waals surface area contributed by atoms with Crippen molar-refractivity contribution in [2.24, 2.45) is 0 Å². The molecule has 0 saturated carbocycles. The highest BCUT2D eigenvalue weighted by Gasteiger charge is 2.30. The number of rotatable bonds is 4. The Labute approximate surface area is 191 Å². The molecule has 3 heterocycles. The molecule has 1 saturated heterocycles. The van der Waals surface area contributed by atoms with Gasteiger partial charge in [0.2, 0.25) is 0 Å². The number of nitrogens with one attached hydrogen (secondary N) is 1. The first-order valence-corrected chi connectivity index (χ1v) is 11.9. The number of carbonyl (C=O) groups excluding carboxylic acids is 2. The fourth-order valence-electron chi connectivity index (χ4n) is 4.79. The summed E-state index contributed by atoms with van der Waals surface area (Å²) in [6.07, 6.45) is 3.72. The molecule has 0 radical (unpaired) electrons. The number of piperidine rings is 1. The second-order valence-electron chi connectivity index (χ2n) is 8.45. The summed E-state index contributed by atoms with van der Waals surface area (Å²) in [5.41, 5.74) is 2.54. The molecule has 0 spiro atoms. The summed E-state index contributed by atoms with van der Waals surface area (Å²) in [5.74, 6) is 0.832. The van der Waals surface area contributed by atoms with E-state index in [1.807, 2.05) is 48.2 Å². The number of hydrogen-bond donors (Lipinski definition) is 1. The highest BCUT2D eigenvalue weighted by atomic mass is 32.1. The van der Waals surface area contributed by atoms with Crippen molar-refractivity contribution in [2.45, 2.75) is 38.6 Å². The number of hydrogen-bond acceptors (Lipinski definition) is 4. The summed E-state index contributed by atoms with van der Waals surface area (Å²) in [7, 11) is 1.67. The first-order valence-electron chi connectivity index (χ1n) is 11.1. The molecule has 1 aliphatic rings. The van der Waals surface area contributed by atoms with E-state index < -0.39 is 0 Å². The normalized spacial score (nSPS) is 16.6. The average Bonchev–Trinajstić information content (AvgIpc) is 3.37. The molecule has 164 valence electrons. The fraction of sp³-hybridized carbons (Fsp3) is 0.308. The van der Waals surface area contributed by atoms with Crippen LogP contribution in [0.2, 0.25) is 0 Å². The summed E-state index contributed by atoms with van der Waals surface area (Å²) in [4.78, 5) is 28.9. The Balaban J connectivity index is 1.48. The summed E-state index contributed by atoms with van der Waals surface area (Å²) in [6.45, 7) is 2.65. The van der Waals surface area contributed by atoms with Gasteiger partial charge in [-0.05, 0) is 73.9 Å². The van der Waals surface area contributed by atoms with Gasteiger partial charge in [-0.25, -0.2) is 0 Å². The van der Waals surface area contributed by atoms with Crippen LogP contribution in [0.1, 0.15) is 50.6 Å². The Hall–Kier alpha value is -3.12. The third kappa shape index (κ3) is 3.69. The molecule has 1 fully saturated rings. The van der Waals surface area contributed by atoms with Crippen LogP contribution in [-0.4, -0.2) is 36.3 Å². The lowest BCUT2D eigenvalue weighted by atomic mass is 9.93. The molecular formula is C26H26N2O3S. The van der Waals surface area contributed by atoms with Crippen LogP contribution in [0.5, 0.6) is 0 Å². The summed E-state index contributed by atoms with van der Waals surface area (Å²) >= 11 is 1.53. The fourth-order valence-corrected chi connectivity index (χ4v) is 5.97. The molecule has 2 aromatic carbocycles. The summed E-state index contributed by atoms with van der Waals surface area (Å²) in [6, 6.07) is 15.8. The van der Waals surface area contributed by atoms with Gasteiger partial charge in [-0.1, -0.05) is 18.2 Å². The molecule has 4 aromatic rings. The van der Waals surface area contributed by atoms with Gasteiger partial charge in [0.15, 0.2) is 0 Å². The lowest BCUT2D eigenvalue weighted by molar-refractivity contribution is 0.0614. The van der Waals surface area contributed by atoms with Crippen LogP contribution in [0, 0.1) is 6.92 Å². The van der Waals surface area contributed by atoms with Crippen LogP contribution in [-0.2, 0) is 6.42 Å². The van der Waals surface area contributed by atoms with Crippen molar-refractivity contribution in [1.82, 2.24) is 10.2 Å². The SMILES string of the molecule is CNC(=O)c1sc2ccccc2c1CC1CCCCN1C(=O)c1ccc2oc(C)cc2c1. The van der Waals surface area contributed by atoms with Crippen molar-refractivity contribution in [1.29, 1.82) is 0 Å². The first kappa shape index (κ1) is 20.8. The van der Waals surface area contributed by atoms with Gasteiger partial charge in [-0.15, -0.1) is 11.3 Å². The lowest BCUT2D eigenvalue weighted by Gasteiger charge is -2.36. The minimum absolute atomic E-state index is 0.0523. The predicted octanol–water partition coefficient (Wildman–Crippen LogP) is 5.55. The highest BCUT2D eigenvalue weighted by molar-refractivity contribution is 7.21. The summed E-state index contributed by atoms with van der Waals surface area (Å²) < 4.78 is 6.77. The smallest absolute Gasteiger partial charge is 0.261 e. The number of likely N-dealkylation sites (tertiary alicyclic amines) is 1. The molecule has 2 aromatic heterocycles. The molecule has 1 N–H and O–H groups in total. The maximum atomic E-state index is 13.5. The minimum Gasteiger partial charge on any atom is -0.461 e. The Kier molecular flexibility index (Phi) is 5.47. The number of carbonyl (C=O) groups is 2. The molecule has 32 heavy (non-hydrogen) atoms. The van der Waals surface area contributed by atoms with Gasteiger partial charge >= 0.3 is 0 Å². The first-order chi connectivity index (χ1) is 15.5. The number of amides is 2. The Morgan fingerprint density at radius 2 is 2.00 bits per heavy atom. The van der Waals surface area contributed by atoms with Crippen molar-refractivity contribution in [3.8, 4) is 0 Å². The van der Waals surface area contributed by atoms with Crippen molar-refractivity contribution < 1.29 is 14.0 Å². The largest absolute Gasteiger partial charge is 0.461 e. The molecule has 0 aliphatic carbocycles. The number of aryl methyl sites for hydroxylation is 1. The van der Waals surface area contributed by atoms with E-state index in [1.54, 1.807) is 7.05 Å². The van der Waals surface area contributed by atoms with Gasteiger partial charge in [-0.3, -0.25) is 9.59 Å². The van der Waals surface area contributed by atoms with E-state index in [-0.39, 0.29) is 17.9 Å². The zero-order valence-corrected chi connectivity index (χ0v) is 19.1. The quantitative estimate of drug-likeness (QED) is 0.447. The number of nitrogens with zero attached hydrogens (tertiary/aromatic N) is 1. The standard InChI is InChI=1S/C26H26N2O3S/c1-16-13-18-14-17(10-11-22(18)31-16)26(30)28-12-6-5-7-19(28)15-21-20-8-3-4-9-23(20)32-24(21)25(29)27-2/h3-4,8-11,13-14,19H,5-7,12,15H2,1-2H3,(H,27,29). The minimum atomic E-state index is -0.0596. The Morgan fingerprint density at radius 3 is 2.84 bits per heavy atom. The van der Waals surface area contributed by atoms with Crippen molar-refractivity contribution in [3.63, 3.8) is 0 Å². The second kappa shape index (κ2) is 8.43. The molecule has 1 aliphatic heterocycles. The molecule has 5 rings (SSSR count). The van der Waals surface area contributed by atoms with Gasteiger partial charge < -0.3 is 14.6 Å².